The molecule has 0 spiro atoms. The summed E-state index contributed by atoms with van der Waals surface area (Å²) in [4.78, 5) is 48.5. The molecule has 4 aliphatic rings. The third-order valence-electron chi connectivity index (χ3n) is 8.94. The number of aliphatic hydroxyl groups is 7. The van der Waals surface area contributed by atoms with Crippen LogP contribution < -0.4 is 10.6 Å². The van der Waals surface area contributed by atoms with E-state index in [-0.39, 0.29) is 0 Å². The highest BCUT2D eigenvalue weighted by Gasteiger charge is 2.57. The minimum absolute atomic E-state index is 0.577. The first-order valence-electron chi connectivity index (χ1n) is 17.0. The van der Waals surface area contributed by atoms with E-state index in [0.717, 1.165) is 13.8 Å². The standard InChI is InChI=1S/C28H42N2O28S2/c1-6(31)29-12-19(15(35)10(52-25(12)43)4-50-59(44,45)46)55-28-18(38)17(37)21(22(58-28)24(41)42)57-26-13(30-7(2)32)20(16(36)11(54-26)5-51-60(47,48)49)56-27-14(34)8(33)3-9(53-27)23(39)40/h3,8,10-22,25-28,33-38,43H,4-5H2,1-2H3,(H,29,31)(H,30,32)(H,39,40)(H,41,42)(H,44,45,46)(H,47,48,49)/t8-,10+,11+,12+,13+,14+,15-,16-,17+,18+,19+,20+,21-,22-,25+,26-,27-,28+/m0/s1. The molecule has 13 N–H and O–H groups in total. The Labute approximate surface area is 336 Å². The monoisotopic (exact) mass is 918 g/mol. The maximum absolute atomic E-state index is 12.6. The number of aliphatic hydroxyl groups excluding tert-OH is 7. The fraction of sp³-hybridized carbons (Fsp3) is 0.786. The van der Waals surface area contributed by atoms with E-state index in [2.05, 4.69) is 19.0 Å². The maximum atomic E-state index is 12.6. The minimum atomic E-state index is -5.29. The lowest BCUT2D eigenvalue weighted by molar-refractivity contribution is -0.363. The molecule has 4 aliphatic heterocycles. The Hall–Kier alpha value is -3.36. The molecule has 3 saturated heterocycles. The molecule has 0 aromatic carbocycles. The van der Waals surface area contributed by atoms with Crippen molar-refractivity contribution >= 4 is 44.6 Å². The Balaban J connectivity index is 1.67. The third-order valence-corrected chi connectivity index (χ3v) is 9.80. The van der Waals surface area contributed by atoms with Gasteiger partial charge in [-0.15, -0.1) is 0 Å². The minimum Gasteiger partial charge on any atom is -0.479 e. The van der Waals surface area contributed by atoms with Gasteiger partial charge >= 0.3 is 32.7 Å². The van der Waals surface area contributed by atoms with Crippen molar-refractivity contribution < 1.29 is 133 Å². The van der Waals surface area contributed by atoms with Crippen molar-refractivity contribution in [2.75, 3.05) is 13.2 Å². The van der Waals surface area contributed by atoms with Gasteiger partial charge in [-0.25, -0.2) is 18.0 Å². The summed E-state index contributed by atoms with van der Waals surface area (Å²) < 4.78 is 110. The molecule has 4 heterocycles. The molecule has 0 radical (unpaired) electrons. The smallest absolute Gasteiger partial charge is 0.397 e. The van der Waals surface area contributed by atoms with E-state index < -0.39 is 174 Å². The van der Waals surface area contributed by atoms with E-state index in [9.17, 15) is 82.0 Å². The van der Waals surface area contributed by atoms with Gasteiger partial charge < -0.3 is 89.8 Å². The fourth-order valence-electron chi connectivity index (χ4n) is 6.29. The van der Waals surface area contributed by atoms with Crippen molar-refractivity contribution in [3.63, 3.8) is 0 Å². The van der Waals surface area contributed by atoms with Crippen molar-refractivity contribution in [1.29, 1.82) is 0 Å². The van der Waals surface area contributed by atoms with Crippen molar-refractivity contribution in [3.8, 4) is 0 Å². The largest absolute Gasteiger partial charge is 0.479 e. The van der Waals surface area contributed by atoms with Crippen LogP contribution in [0.15, 0.2) is 11.8 Å². The number of nitrogens with one attached hydrogen (secondary N) is 2. The van der Waals surface area contributed by atoms with Crippen molar-refractivity contribution in [3.05, 3.63) is 11.8 Å². The number of aliphatic carboxylic acids is 2. The molecular weight excluding hydrogens is 876 g/mol. The van der Waals surface area contributed by atoms with Gasteiger partial charge in [-0.1, -0.05) is 0 Å². The summed E-state index contributed by atoms with van der Waals surface area (Å²) in [5.74, 6) is -6.62. The van der Waals surface area contributed by atoms with Crippen molar-refractivity contribution in [1.82, 2.24) is 10.6 Å². The van der Waals surface area contributed by atoms with Crippen LogP contribution in [-0.2, 0) is 81.5 Å². The predicted octanol–water partition coefficient (Wildman–Crippen LogP) is -8.47. The van der Waals surface area contributed by atoms with Gasteiger partial charge in [0.05, 0.1) is 13.2 Å². The summed E-state index contributed by atoms with van der Waals surface area (Å²) in [5.41, 5.74) is 0. The maximum Gasteiger partial charge on any atom is 0.397 e. The van der Waals surface area contributed by atoms with Crippen molar-refractivity contribution in [2.24, 2.45) is 0 Å². The number of carbonyl (C=O) groups is 4. The number of hydrogen-bond acceptors (Lipinski definition) is 24. The molecule has 32 heteroatoms. The van der Waals surface area contributed by atoms with Gasteiger partial charge in [-0.3, -0.25) is 18.7 Å². The predicted molar refractivity (Wildman–Crippen MR) is 177 cm³/mol. The molecule has 60 heavy (non-hydrogen) atoms. The molecule has 2 amide bonds. The summed E-state index contributed by atoms with van der Waals surface area (Å²) in [6.45, 7) is -0.659. The van der Waals surface area contributed by atoms with Crippen LogP contribution in [-0.4, -0.2) is 219 Å². The van der Waals surface area contributed by atoms with E-state index in [1.807, 2.05) is 0 Å². The molecule has 344 valence electrons. The molecule has 4 rings (SSSR count). The van der Waals surface area contributed by atoms with Crippen LogP contribution >= 0.6 is 0 Å². The average molecular weight is 919 g/mol. The number of rotatable bonds is 16. The van der Waals surface area contributed by atoms with Gasteiger partial charge in [0.2, 0.25) is 23.9 Å². The zero-order chi connectivity index (χ0) is 45.2. The van der Waals surface area contributed by atoms with Crippen LogP contribution in [0.5, 0.6) is 0 Å². The second-order valence-electron chi connectivity index (χ2n) is 13.3. The molecule has 30 nitrogen and oxygen atoms in total. The third kappa shape index (κ3) is 12.4. The highest BCUT2D eigenvalue weighted by atomic mass is 32.3. The Bertz CT molecular complexity index is 1820. The SMILES string of the molecule is CC(=O)N[C@@H]1[C@@H](O[C@@H]2O[C@H](C(=O)O)[C@@H](O[C@@H]3O[C@H](COS(=O)(=O)O)[C@H](O)[C@H](O[C@@H]4OC(C(=O)O)=C[C@H](O)[C@H]4O)[C@H]3NC(C)=O)[C@H](O)[C@H]2O)[C@@H](O)[C@@H](COS(=O)(=O)O)O[C@H]1O. The van der Waals surface area contributed by atoms with Crippen LogP contribution in [0, 0.1) is 0 Å². The molecule has 18 atom stereocenters. The van der Waals surface area contributed by atoms with Gasteiger partial charge in [-0.05, 0) is 6.08 Å². The topological polar surface area (TPSA) is 466 Å². The van der Waals surface area contributed by atoms with Gasteiger partial charge in [0.1, 0.15) is 79.2 Å². The van der Waals surface area contributed by atoms with E-state index in [1.54, 1.807) is 0 Å². The zero-order valence-corrected chi connectivity index (χ0v) is 32.2. The molecular formula is C28H42N2O28S2. The van der Waals surface area contributed by atoms with Crippen LogP contribution in [0.4, 0.5) is 0 Å². The summed E-state index contributed by atoms with van der Waals surface area (Å²) in [5, 5.41) is 99.9. The number of carboxylic acids is 2. The number of carbonyl (C=O) groups excluding carboxylic acids is 2. The zero-order valence-electron chi connectivity index (χ0n) is 30.6. The van der Waals surface area contributed by atoms with Gasteiger partial charge in [-0.2, -0.15) is 16.8 Å². The van der Waals surface area contributed by atoms with E-state index in [1.165, 1.54) is 0 Å². The molecule has 0 aliphatic carbocycles. The normalized spacial score (nSPS) is 40.1. The second kappa shape index (κ2) is 19.8. The molecule has 0 aromatic heterocycles. The quantitative estimate of drug-likeness (QED) is 0.0639. The lowest BCUT2D eigenvalue weighted by Gasteiger charge is -2.49. The van der Waals surface area contributed by atoms with Crippen LogP contribution in [0.1, 0.15) is 13.8 Å². The highest BCUT2D eigenvalue weighted by molar-refractivity contribution is 7.81. The highest BCUT2D eigenvalue weighted by Crippen LogP contribution is 2.34. The first-order valence-corrected chi connectivity index (χ1v) is 19.7. The van der Waals surface area contributed by atoms with Crippen LogP contribution in [0.25, 0.3) is 0 Å². The van der Waals surface area contributed by atoms with Gasteiger partial charge in [0, 0.05) is 13.8 Å². The summed E-state index contributed by atoms with van der Waals surface area (Å²) in [6.07, 6.45) is -34.7. The number of ether oxygens (including phenoxy) is 7. The van der Waals surface area contributed by atoms with E-state index >= 15 is 0 Å². The first-order chi connectivity index (χ1) is 27.7. The molecule has 0 saturated carbocycles. The number of hydrogen-bond donors (Lipinski definition) is 13. The van der Waals surface area contributed by atoms with E-state index in [0.29, 0.717) is 6.08 Å². The van der Waals surface area contributed by atoms with Crippen molar-refractivity contribution in [2.45, 2.75) is 124 Å². The molecule has 0 bridgehead atoms. The van der Waals surface area contributed by atoms with Crippen LogP contribution in [0.2, 0.25) is 0 Å². The number of amides is 2. The Kier molecular flexibility index (Phi) is 16.3. The Morgan fingerprint density at radius 1 is 0.633 bits per heavy atom. The molecule has 0 aromatic rings. The van der Waals surface area contributed by atoms with Gasteiger partial charge in [0.15, 0.2) is 25.0 Å². The fourth-order valence-corrected chi connectivity index (χ4v) is 6.90. The second-order valence-corrected chi connectivity index (χ2v) is 15.5. The first kappa shape index (κ1) is 49.3. The Morgan fingerprint density at radius 3 is 1.62 bits per heavy atom. The summed E-state index contributed by atoms with van der Waals surface area (Å²) in [6, 6.07) is -3.77. The molecule has 3 fully saturated rings. The lowest BCUT2D eigenvalue weighted by atomic mass is 9.94. The van der Waals surface area contributed by atoms with Crippen LogP contribution in [0.3, 0.4) is 0 Å². The molecule has 0 unspecified atom stereocenters. The summed E-state index contributed by atoms with van der Waals surface area (Å²) in [7, 11) is -10.4. The Morgan fingerprint density at radius 2 is 1.12 bits per heavy atom. The lowest BCUT2D eigenvalue weighted by Crippen LogP contribution is -2.70. The summed E-state index contributed by atoms with van der Waals surface area (Å²) >= 11 is 0. The van der Waals surface area contributed by atoms with Gasteiger partial charge in [0.25, 0.3) is 0 Å². The number of carboxylic acid groups (broad SMARTS) is 2. The van der Waals surface area contributed by atoms with E-state index in [4.69, 9.17) is 42.3 Å². The average Bonchev–Trinajstić information content (AvgIpc) is 3.12.